The maximum Gasteiger partial charge on any atom is 0.323 e. The van der Waals surface area contributed by atoms with E-state index < -0.39 is 14.4 Å². The van der Waals surface area contributed by atoms with Gasteiger partial charge < -0.3 is 9.16 Å². The van der Waals surface area contributed by atoms with Crippen molar-refractivity contribution < 1.29 is 14.0 Å². The second-order valence-electron chi connectivity index (χ2n) is 7.97. The number of carbonyl (C=O) groups is 1. The summed E-state index contributed by atoms with van der Waals surface area (Å²) in [5.74, 6) is 0.273. The van der Waals surface area contributed by atoms with Crippen molar-refractivity contribution >= 4 is 14.3 Å². The Bertz CT molecular complexity index is 620. The van der Waals surface area contributed by atoms with Crippen LogP contribution in [0.15, 0.2) is 55.3 Å². The largest absolute Gasteiger partial charge is 0.545 e. The minimum atomic E-state index is -2.01. The molecular weight excluding hydrogens is 342 g/mol. The van der Waals surface area contributed by atoms with Gasteiger partial charge in [0.1, 0.15) is 6.04 Å². The summed E-state index contributed by atoms with van der Waals surface area (Å²) < 4.78 is 11.2. The van der Waals surface area contributed by atoms with Gasteiger partial charge in [-0.2, -0.15) is 0 Å². The molecular formula is C21H33NO3Si. The third kappa shape index (κ3) is 6.14. The zero-order valence-corrected chi connectivity index (χ0v) is 18.0. The molecule has 0 aromatic heterocycles. The van der Waals surface area contributed by atoms with Gasteiger partial charge in [0.05, 0.1) is 18.9 Å². The van der Waals surface area contributed by atoms with E-state index in [0.29, 0.717) is 12.2 Å². The van der Waals surface area contributed by atoms with Gasteiger partial charge in [0, 0.05) is 0 Å². The van der Waals surface area contributed by atoms with Crippen molar-refractivity contribution in [3.05, 3.63) is 60.9 Å². The number of methoxy groups -OCH3 is 1. The minimum Gasteiger partial charge on any atom is -0.545 e. The molecule has 0 saturated carbocycles. The van der Waals surface area contributed by atoms with Crippen molar-refractivity contribution in [2.75, 3.05) is 7.11 Å². The molecule has 2 atom stereocenters. The van der Waals surface area contributed by atoms with Crippen molar-refractivity contribution in [2.45, 2.75) is 57.4 Å². The van der Waals surface area contributed by atoms with Gasteiger partial charge >= 0.3 is 5.97 Å². The lowest BCUT2D eigenvalue weighted by Crippen LogP contribution is -2.48. The summed E-state index contributed by atoms with van der Waals surface area (Å²) in [5.41, 5.74) is 1.05. The first-order valence-corrected chi connectivity index (χ1v) is 11.8. The molecule has 5 heteroatoms. The number of benzene rings is 1. The molecule has 0 aliphatic carbocycles. The number of carbonyl (C=O) groups excluding carboxylic acids is 1. The Kier molecular flexibility index (Phi) is 7.84. The molecule has 0 unspecified atom stereocenters. The van der Waals surface area contributed by atoms with Gasteiger partial charge in [0.25, 0.3) is 0 Å². The molecule has 0 bridgehead atoms. The van der Waals surface area contributed by atoms with Crippen LogP contribution in [0.5, 0.6) is 0 Å². The molecule has 0 spiro atoms. The lowest BCUT2D eigenvalue weighted by atomic mass is 10.0. The van der Waals surface area contributed by atoms with Crippen LogP contribution in [-0.2, 0) is 20.4 Å². The molecule has 1 rings (SSSR count). The number of hydrogen-bond donors (Lipinski definition) is 1. The quantitative estimate of drug-likeness (QED) is 0.300. The van der Waals surface area contributed by atoms with Crippen LogP contribution in [-0.4, -0.2) is 33.5 Å². The standard InChI is InChI=1S/C21H33NO3Si/c1-9-18(16(2)25-26(7,8)21(3,4)5)22-19(20(23)24-6)15-17-13-11-10-12-14-17/h9-14,18-19,22H,1-2,15H2,3-8H3/t18-,19-/m0/s1. The van der Waals surface area contributed by atoms with Crippen LogP contribution in [0.1, 0.15) is 26.3 Å². The molecule has 0 saturated heterocycles. The van der Waals surface area contributed by atoms with E-state index in [-0.39, 0.29) is 17.0 Å². The Morgan fingerprint density at radius 3 is 2.31 bits per heavy atom. The zero-order valence-electron chi connectivity index (χ0n) is 17.0. The Hall–Kier alpha value is -1.85. The fraction of sp³-hybridized carbons (Fsp3) is 0.476. The highest BCUT2D eigenvalue weighted by Gasteiger charge is 2.40. The second kappa shape index (κ2) is 9.19. The van der Waals surface area contributed by atoms with Crippen molar-refractivity contribution in [1.29, 1.82) is 0 Å². The number of rotatable bonds is 9. The van der Waals surface area contributed by atoms with E-state index in [9.17, 15) is 4.79 Å². The lowest BCUT2D eigenvalue weighted by Gasteiger charge is -2.38. The molecule has 0 fully saturated rings. The average Bonchev–Trinajstić information content (AvgIpc) is 2.57. The zero-order chi connectivity index (χ0) is 20.0. The molecule has 0 amide bonds. The highest BCUT2D eigenvalue weighted by atomic mass is 28.4. The van der Waals surface area contributed by atoms with E-state index in [1.807, 2.05) is 30.3 Å². The van der Waals surface area contributed by atoms with Crippen LogP contribution in [0.25, 0.3) is 0 Å². The van der Waals surface area contributed by atoms with Gasteiger partial charge in [0.2, 0.25) is 8.32 Å². The molecule has 1 aromatic carbocycles. The summed E-state index contributed by atoms with van der Waals surface area (Å²) in [6.45, 7) is 18.8. The highest BCUT2D eigenvalue weighted by Crippen LogP contribution is 2.38. The van der Waals surface area contributed by atoms with Crippen LogP contribution >= 0.6 is 0 Å². The number of ether oxygens (including phenoxy) is 1. The molecule has 4 nitrogen and oxygen atoms in total. The second-order valence-corrected chi connectivity index (χ2v) is 12.7. The Balaban J connectivity index is 2.91. The van der Waals surface area contributed by atoms with Gasteiger partial charge in [-0.1, -0.05) is 63.8 Å². The summed E-state index contributed by atoms with van der Waals surface area (Å²) in [5, 5.41) is 3.34. The molecule has 0 aliphatic rings. The van der Waals surface area contributed by atoms with Crippen molar-refractivity contribution in [1.82, 2.24) is 5.32 Å². The van der Waals surface area contributed by atoms with E-state index >= 15 is 0 Å². The van der Waals surface area contributed by atoms with E-state index in [0.717, 1.165) is 5.56 Å². The summed E-state index contributed by atoms with van der Waals surface area (Å²) in [4.78, 5) is 12.3. The van der Waals surface area contributed by atoms with Crippen molar-refractivity contribution in [3.8, 4) is 0 Å². The molecule has 0 aliphatic heterocycles. The van der Waals surface area contributed by atoms with Gasteiger partial charge in [-0.15, -0.1) is 6.58 Å². The normalized spacial score (nSPS) is 14.2. The number of nitrogens with one attached hydrogen (secondary N) is 1. The third-order valence-corrected chi connectivity index (χ3v) is 9.31. The predicted octanol–water partition coefficient (Wildman–Crippen LogP) is 4.45. The summed E-state index contributed by atoms with van der Waals surface area (Å²) in [7, 11) is -0.616. The molecule has 0 heterocycles. The molecule has 26 heavy (non-hydrogen) atoms. The summed E-state index contributed by atoms with van der Waals surface area (Å²) in [6, 6.07) is 8.98. The third-order valence-electron chi connectivity index (χ3n) is 4.92. The fourth-order valence-corrected chi connectivity index (χ4v) is 3.34. The monoisotopic (exact) mass is 375 g/mol. The van der Waals surface area contributed by atoms with Gasteiger partial charge in [-0.05, 0) is 30.1 Å². The first kappa shape index (κ1) is 22.2. The van der Waals surface area contributed by atoms with Crippen LogP contribution in [0.2, 0.25) is 18.1 Å². The number of esters is 1. The van der Waals surface area contributed by atoms with Gasteiger partial charge in [-0.3, -0.25) is 10.1 Å². The maximum atomic E-state index is 12.3. The van der Waals surface area contributed by atoms with E-state index in [2.05, 4.69) is 52.3 Å². The molecule has 1 N–H and O–H groups in total. The fourth-order valence-electron chi connectivity index (χ4n) is 2.26. The first-order valence-electron chi connectivity index (χ1n) is 8.90. The lowest BCUT2D eigenvalue weighted by molar-refractivity contribution is -0.143. The Morgan fingerprint density at radius 1 is 1.27 bits per heavy atom. The number of hydrogen-bond acceptors (Lipinski definition) is 4. The van der Waals surface area contributed by atoms with Crippen molar-refractivity contribution in [3.63, 3.8) is 0 Å². The van der Waals surface area contributed by atoms with Gasteiger partial charge in [0.15, 0.2) is 0 Å². The van der Waals surface area contributed by atoms with Crippen molar-refractivity contribution in [2.24, 2.45) is 0 Å². The minimum absolute atomic E-state index is 0.0629. The molecule has 144 valence electrons. The topological polar surface area (TPSA) is 47.6 Å². The molecule has 0 radical (unpaired) electrons. The maximum absolute atomic E-state index is 12.3. The van der Waals surface area contributed by atoms with Crippen LogP contribution in [0.3, 0.4) is 0 Å². The SMILES string of the molecule is C=C[C@H](N[C@@H](Cc1ccccc1)C(=O)OC)C(=C)O[Si](C)(C)C(C)(C)C. The summed E-state index contributed by atoms with van der Waals surface area (Å²) in [6.07, 6.45) is 2.24. The first-order chi connectivity index (χ1) is 12.0. The summed E-state index contributed by atoms with van der Waals surface area (Å²) >= 11 is 0. The van der Waals surface area contributed by atoms with E-state index in [1.165, 1.54) is 7.11 Å². The predicted molar refractivity (Wildman–Crippen MR) is 110 cm³/mol. The van der Waals surface area contributed by atoms with Crippen LogP contribution in [0, 0.1) is 0 Å². The van der Waals surface area contributed by atoms with E-state index in [1.54, 1.807) is 6.08 Å². The van der Waals surface area contributed by atoms with Gasteiger partial charge in [-0.25, -0.2) is 0 Å². The smallest absolute Gasteiger partial charge is 0.323 e. The van der Waals surface area contributed by atoms with Crippen LogP contribution < -0.4 is 5.32 Å². The Labute approximate surface area is 159 Å². The Morgan fingerprint density at radius 2 is 1.85 bits per heavy atom. The highest BCUT2D eigenvalue weighted by molar-refractivity contribution is 6.74. The molecule has 1 aromatic rings. The van der Waals surface area contributed by atoms with Crippen LogP contribution in [0.4, 0.5) is 0 Å². The average molecular weight is 376 g/mol. The van der Waals surface area contributed by atoms with E-state index in [4.69, 9.17) is 9.16 Å².